The summed E-state index contributed by atoms with van der Waals surface area (Å²) in [4.78, 5) is 16.7. The number of amides is 1. The van der Waals surface area contributed by atoms with E-state index in [1.54, 1.807) is 22.9 Å². The van der Waals surface area contributed by atoms with Crippen molar-refractivity contribution in [3.63, 3.8) is 0 Å². The van der Waals surface area contributed by atoms with Crippen LogP contribution >= 0.6 is 22.9 Å². The number of rotatable bonds is 3. The number of nitrogen functional groups attached to an aromatic ring is 1. The molecular weight excluding hydrogens is 308 g/mol. The van der Waals surface area contributed by atoms with Crippen LogP contribution in [0.3, 0.4) is 0 Å². The van der Waals surface area contributed by atoms with Crippen LogP contribution in [0.15, 0.2) is 30.5 Å². The summed E-state index contributed by atoms with van der Waals surface area (Å²) < 4.78 is 2.73. The molecule has 21 heavy (non-hydrogen) atoms. The fourth-order valence-electron chi connectivity index (χ4n) is 2.10. The van der Waals surface area contributed by atoms with Gasteiger partial charge >= 0.3 is 0 Å². The van der Waals surface area contributed by atoms with Crippen molar-refractivity contribution in [1.82, 2.24) is 9.55 Å². The molecule has 2 aromatic heterocycles. The van der Waals surface area contributed by atoms with Crippen LogP contribution in [0.1, 0.15) is 17.4 Å². The molecule has 3 N–H and O–H groups in total. The van der Waals surface area contributed by atoms with Gasteiger partial charge in [-0.05, 0) is 31.2 Å². The maximum absolute atomic E-state index is 12.3. The number of halogens is 1. The number of carbonyl (C=O) groups excluding carboxylic acids is 1. The summed E-state index contributed by atoms with van der Waals surface area (Å²) in [5, 5.41) is 4.00. The molecule has 3 aromatic rings. The second kappa shape index (κ2) is 5.38. The summed E-state index contributed by atoms with van der Waals surface area (Å²) in [5.74, 6) is -0.223. The van der Waals surface area contributed by atoms with Crippen LogP contribution < -0.4 is 11.1 Å². The minimum Gasteiger partial charge on any atom is -0.397 e. The lowest BCUT2D eigenvalue weighted by molar-refractivity contribution is 0.101. The Balaban J connectivity index is 1.88. The maximum Gasteiger partial charge on any atom is 0.274 e. The van der Waals surface area contributed by atoms with E-state index >= 15 is 0 Å². The molecule has 1 amide bonds. The molecule has 0 fully saturated rings. The van der Waals surface area contributed by atoms with Gasteiger partial charge in [0.05, 0.1) is 15.9 Å². The van der Waals surface area contributed by atoms with E-state index in [2.05, 4.69) is 10.3 Å². The van der Waals surface area contributed by atoms with Gasteiger partial charge in [0.25, 0.3) is 5.91 Å². The van der Waals surface area contributed by atoms with E-state index in [4.69, 9.17) is 17.3 Å². The van der Waals surface area contributed by atoms with Crippen LogP contribution in [0.4, 0.5) is 10.8 Å². The third kappa shape index (κ3) is 2.72. The number of hydrogen-bond donors (Lipinski definition) is 2. The lowest BCUT2D eigenvalue weighted by atomic mass is 10.3. The SMILES string of the molecule is CCn1cc(N)cc1C(=O)Nc1nc2ccc(Cl)cc2s1. The third-order valence-corrected chi connectivity index (χ3v) is 4.23. The summed E-state index contributed by atoms with van der Waals surface area (Å²) in [5.41, 5.74) is 7.63. The summed E-state index contributed by atoms with van der Waals surface area (Å²) in [6.07, 6.45) is 1.74. The van der Waals surface area contributed by atoms with Gasteiger partial charge in [-0.25, -0.2) is 4.98 Å². The molecule has 1 aromatic carbocycles. The minimum atomic E-state index is -0.223. The van der Waals surface area contributed by atoms with E-state index in [1.165, 1.54) is 11.3 Å². The van der Waals surface area contributed by atoms with Gasteiger partial charge in [0.2, 0.25) is 0 Å². The minimum absolute atomic E-state index is 0.223. The molecule has 0 unspecified atom stereocenters. The van der Waals surface area contributed by atoms with Gasteiger partial charge in [0, 0.05) is 17.8 Å². The number of aromatic nitrogens is 2. The number of thiazole rings is 1. The molecule has 0 bridgehead atoms. The number of aryl methyl sites for hydroxylation is 1. The fourth-order valence-corrected chi connectivity index (χ4v) is 3.24. The summed E-state index contributed by atoms with van der Waals surface area (Å²) in [6, 6.07) is 7.09. The molecule has 0 aliphatic heterocycles. The van der Waals surface area contributed by atoms with Crippen LogP contribution in [0, 0.1) is 0 Å². The highest BCUT2D eigenvalue weighted by molar-refractivity contribution is 7.22. The first kappa shape index (κ1) is 13.9. The Hall–Kier alpha value is -2.05. The summed E-state index contributed by atoms with van der Waals surface area (Å²) in [7, 11) is 0. The van der Waals surface area contributed by atoms with E-state index in [0.717, 1.165) is 10.2 Å². The van der Waals surface area contributed by atoms with E-state index in [9.17, 15) is 4.79 Å². The zero-order valence-electron chi connectivity index (χ0n) is 11.3. The number of benzene rings is 1. The first-order valence-corrected chi connectivity index (χ1v) is 7.59. The maximum atomic E-state index is 12.3. The van der Waals surface area contributed by atoms with Gasteiger partial charge in [0.1, 0.15) is 5.69 Å². The van der Waals surface area contributed by atoms with Crippen molar-refractivity contribution in [3.8, 4) is 0 Å². The van der Waals surface area contributed by atoms with Crippen LogP contribution in [0.25, 0.3) is 10.2 Å². The topological polar surface area (TPSA) is 72.9 Å². The Bertz CT molecular complexity index is 824. The largest absolute Gasteiger partial charge is 0.397 e. The van der Waals surface area contributed by atoms with Crippen LogP contribution in [0.2, 0.25) is 5.02 Å². The van der Waals surface area contributed by atoms with E-state index in [-0.39, 0.29) is 5.91 Å². The highest BCUT2D eigenvalue weighted by atomic mass is 35.5. The zero-order valence-corrected chi connectivity index (χ0v) is 12.8. The molecule has 2 heterocycles. The first-order valence-electron chi connectivity index (χ1n) is 6.40. The van der Waals surface area contributed by atoms with Gasteiger partial charge in [0.15, 0.2) is 5.13 Å². The van der Waals surface area contributed by atoms with E-state index in [1.807, 2.05) is 19.1 Å². The van der Waals surface area contributed by atoms with Crippen molar-refractivity contribution in [2.75, 3.05) is 11.1 Å². The van der Waals surface area contributed by atoms with Gasteiger partial charge in [-0.2, -0.15) is 0 Å². The van der Waals surface area contributed by atoms with Crippen LogP contribution in [-0.2, 0) is 6.54 Å². The fraction of sp³-hybridized carbons (Fsp3) is 0.143. The number of anilines is 2. The molecular formula is C14H13ClN4OS. The Morgan fingerprint density at radius 2 is 2.29 bits per heavy atom. The lowest BCUT2D eigenvalue weighted by Crippen LogP contribution is -2.16. The molecule has 3 rings (SSSR count). The molecule has 0 saturated carbocycles. The Kier molecular flexibility index (Phi) is 3.57. The van der Waals surface area contributed by atoms with Crippen molar-refractivity contribution in [1.29, 1.82) is 0 Å². The van der Waals surface area contributed by atoms with Crippen LogP contribution in [0.5, 0.6) is 0 Å². The molecule has 0 aliphatic rings. The van der Waals surface area contributed by atoms with E-state index < -0.39 is 0 Å². The Morgan fingerprint density at radius 3 is 3.05 bits per heavy atom. The number of nitrogens with two attached hydrogens (primary N) is 1. The summed E-state index contributed by atoms with van der Waals surface area (Å²) >= 11 is 7.33. The standard InChI is InChI=1S/C14H13ClN4OS/c1-2-19-7-9(16)6-11(19)13(20)18-14-17-10-4-3-8(15)5-12(10)21-14/h3-7H,2,16H2,1H3,(H,17,18,20). The lowest BCUT2D eigenvalue weighted by Gasteiger charge is -2.04. The molecule has 7 heteroatoms. The molecule has 0 spiro atoms. The van der Waals surface area contributed by atoms with E-state index in [0.29, 0.717) is 28.1 Å². The van der Waals surface area contributed by atoms with Crippen molar-refractivity contribution in [2.24, 2.45) is 0 Å². The second-order valence-corrected chi connectivity index (χ2v) is 6.00. The number of carbonyl (C=O) groups is 1. The predicted molar refractivity (Wildman–Crippen MR) is 87.1 cm³/mol. The number of hydrogen-bond acceptors (Lipinski definition) is 4. The van der Waals surface area contributed by atoms with Crippen LogP contribution in [-0.4, -0.2) is 15.5 Å². The monoisotopic (exact) mass is 320 g/mol. The number of nitrogens with one attached hydrogen (secondary N) is 1. The Labute approximate surface area is 130 Å². The zero-order chi connectivity index (χ0) is 15.0. The van der Waals surface area contributed by atoms with Crippen molar-refractivity contribution < 1.29 is 4.79 Å². The average molecular weight is 321 g/mol. The van der Waals surface area contributed by atoms with Crippen molar-refractivity contribution in [3.05, 3.63) is 41.2 Å². The molecule has 5 nitrogen and oxygen atoms in total. The van der Waals surface area contributed by atoms with Gasteiger partial charge in [-0.3, -0.25) is 10.1 Å². The van der Waals surface area contributed by atoms with Crippen molar-refractivity contribution in [2.45, 2.75) is 13.5 Å². The highest BCUT2D eigenvalue weighted by Crippen LogP contribution is 2.28. The number of nitrogens with zero attached hydrogens (tertiary/aromatic N) is 2. The molecule has 0 radical (unpaired) electrons. The normalized spacial score (nSPS) is 11.0. The average Bonchev–Trinajstić information content (AvgIpc) is 3.00. The number of fused-ring (bicyclic) bond motifs is 1. The summed E-state index contributed by atoms with van der Waals surface area (Å²) in [6.45, 7) is 2.63. The molecule has 0 saturated heterocycles. The first-order chi connectivity index (χ1) is 10.1. The predicted octanol–water partition coefficient (Wildman–Crippen LogP) is 3.61. The molecule has 0 aliphatic carbocycles. The quantitative estimate of drug-likeness (QED) is 0.774. The Morgan fingerprint density at radius 1 is 1.48 bits per heavy atom. The molecule has 0 atom stereocenters. The smallest absolute Gasteiger partial charge is 0.274 e. The van der Waals surface area contributed by atoms with Gasteiger partial charge in [-0.15, -0.1) is 0 Å². The molecule has 108 valence electrons. The van der Waals surface area contributed by atoms with Crippen molar-refractivity contribution >= 4 is 49.9 Å². The second-order valence-electron chi connectivity index (χ2n) is 4.53. The van der Waals surface area contributed by atoms with Gasteiger partial charge < -0.3 is 10.3 Å². The highest BCUT2D eigenvalue weighted by Gasteiger charge is 2.14. The third-order valence-electron chi connectivity index (χ3n) is 3.06. The van der Waals surface area contributed by atoms with Gasteiger partial charge in [-0.1, -0.05) is 22.9 Å².